The molecule has 2 N–H and O–H groups in total. The van der Waals surface area contributed by atoms with Crippen LogP contribution >= 0.6 is 31.9 Å². The number of ether oxygens (including phenoxy) is 5. The molecule has 9 heteroatoms. The molecule has 0 unspecified atom stereocenters. The second-order valence-electron chi connectivity index (χ2n) is 5.10. The molecule has 0 aromatic rings. The first-order chi connectivity index (χ1) is 10.8. The largest absolute Gasteiger partial charge is 0.394 e. The number of aliphatic hydroxyl groups is 2. The van der Waals surface area contributed by atoms with E-state index >= 15 is 0 Å². The van der Waals surface area contributed by atoms with E-state index in [-0.39, 0.29) is 6.61 Å². The van der Waals surface area contributed by atoms with Crippen molar-refractivity contribution in [2.75, 3.05) is 66.1 Å². The number of aliphatic hydroxyl groups excluding tert-OH is 1. The number of halogens is 2. The maximum atomic E-state index is 9.84. The SMILES string of the molecule is CC(C)(O)C(Br)(Br)OCCOCCOCCOCCOCCO. The van der Waals surface area contributed by atoms with Crippen LogP contribution in [0.5, 0.6) is 0 Å². The Balaban J connectivity index is 3.25. The number of hydrogen-bond donors (Lipinski definition) is 2. The first-order valence-electron chi connectivity index (χ1n) is 7.47. The Morgan fingerprint density at radius 3 is 1.39 bits per heavy atom. The second-order valence-corrected chi connectivity index (χ2v) is 8.39. The summed E-state index contributed by atoms with van der Waals surface area (Å²) in [5.74, 6) is 0. The molecule has 0 spiro atoms. The molecule has 0 saturated heterocycles. The van der Waals surface area contributed by atoms with E-state index in [9.17, 15) is 5.11 Å². The van der Waals surface area contributed by atoms with Crippen molar-refractivity contribution in [2.24, 2.45) is 0 Å². The molecule has 23 heavy (non-hydrogen) atoms. The van der Waals surface area contributed by atoms with E-state index in [1.54, 1.807) is 13.8 Å². The highest BCUT2D eigenvalue weighted by atomic mass is 79.9. The molecule has 0 aromatic heterocycles. The molecule has 0 atom stereocenters. The van der Waals surface area contributed by atoms with Gasteiger partial charge in [0, 0.05) is 0 Å². The predicted molar refractivity (Wildman–Crippen MR) is 93.2 cm³/mol. The Kier molecular flexibility index (Phi) is 14.3. The average molecular weight is 468 g/mol. The highest BCUT2D eigenvalue weighted by Crippen LogP contribution is 2.38. The second kappa shape index (κ2) is 13.9. The van der Waals surface area contributed by atoms with Crippen LogP contribution in [0.25, 0.3) is 0 Å². The van der Waals surface area contributed by atoms with E-state index in [4.69, 9.17) is 28.8 Å². The van der Waals surface area contributed by atoms with Crippen molar-refractivity contribution in [1.29, 1.82) is 0 Å². The minimum atomic E-state index is -1.07. The van der Waals surface area contributed by atoms with Crippen molar-refractivity contribution in [3.63, 3.8) is 0 Å². The van der Waals surface area contributed by atoms with Gasteiger partial charge in [0.05, 0.1) is 66.1 Å². The third kappa shape index (κ3) is 13.6. The zero-order chi connectivity index (χ0) is 17.6. The molecule has 0 heterocycles. The van der Waals surface area contributed by atoms with Gasteiger partial charge < -0.3 is 33.9 Å². The van der Waals surface area contributed by atoms with Crippen LogP contribution in [-0.4, -0.2) is 85.3 Å². The summed E-state index contributed by atoms with van der Waals surface area (Å²) in [6, 6.07) is 0. The maximum absolute atomic E-state index is 9.84. The number of hydrogen-bond acceptors (Lipinski definition) is 7. The van der Waals surface area contributed by atoms with Gasteiger partial charge in [-0.2, -0.15) is 0 Å². The van der Waals surface area contributed by atoms with Crippen molar-refractivity contribution in [2.45, 2.75) is 22.9 Å². The molecule has 0 radical (unpaired) electrons. The monoisotopic (exact) mass is 466 g/mol. The van der Waals surface area contributed by atoms with Gasteiger partial charge in [-0.1, -0.05) is 0 Å². The summed E-state index contributed by atoms with van der Waals surface area (Å²) in [5, 5.41) is 18.3. The quantitative estimate of drug-likeness (QED) is 0.261. The molecule has 0 fully saturated rings. The van der Waals surface area contributed by atoms with E-state index in [0.29, 0.717) is 59.5 Å². The smallest absolute Gasteiger partial charge is 0.206 e. The minimum absolute atomic E-state index is 0.0260. The van der Waals surface area contributed by atoms with Crippen LogP contribution in [0, 0.1) is 0 Å². The van der Waals surface area contributed by atoms with Crippen molar-refractivity contribution < 1.29 is 33.9 Å². The Morgan fingerprint density at radius 2 is 1.04 bits per heavy atom. The van der Waals surface area contributed by atoms with Crippen LogP contribution in [0.2, 0.25) is 0 Å². The van der Waals surface area contributed by atoms with Gasteiger partial charge in [0.15, 0.2) is 0 Å². The van der Waals surface area contributed by atoms with Crippen LogP contribution in [0.3, 0.4) is 0 Å². The van der Waals surface area contributed by atoms with Crippen molar-refractivity contribution in [3.05, 3.63) is 0 Å². The van der Waals surface area contributed by atoms with Crippen LogP contribution in [-0.2, 0) is 23.7 Å². The fourth-order valence-corrected chi connectivity index (χ4v) is 1.56. The van der Waals surface area contributed by atoms with Crippen molar-refractivity contribution >= 4 is 31.9 Å². The molecule has 0 aliphatic rings. The van der Waals surface area contributed by atoms with E-state index in [1.807, 2.05) is 0 Å². The maximum Gasteiger partial charge on any atom is 0.206 e. The Labute approximate surface area is 154 Å². The van der Waals surface area contributed by atoms with E-state index in [0.717, 1.165) is 0 Å². The molecule has 140 valence electrons. The summed E-state index contributed by atoms with van der Waals surface area (Å²) in [6.45, 7) is 7.23. The summed E-state index contributed by atoms with van der Waals surface area (Å²) < 4.78 is 25.5. The first kappa shape index (κ1) is 23.7. The van der Waals surface area contributed by atoms with Gasteiger partial charge in [0.25, 0.3) is 0 Å². The molecule has 0 bridgehead atoms. The fraction of sp³-hybridized carbons (Fsp3) is 1.00. The molecule has 0 aliphatic heterocycles. The summed E-state index contributed by atoms with van der Waals surface area (Å²) in [7, 11) is 0. The van der Waals surface area contributed by atoms with E-state index in [2.05, 4.69) is 31.9 Å². The summed E-state index contributed by atoms with van der Waals surface area (Å²) in [5.41, 5.74) is -1.07. The van der Waals surface area contributed by atoms with Gasteiger partial charge in [-0.15, -0.1) is 0 Å². The Morgan fingerprint density at radius 1 is 0.696 bits per heavy atom. The predicted octanol–water partition coefficient (Wildman–Crippen LogP) is 1.28. The normalized spacial score (nSPS) is 12.8. The molecule has 0 rings (SSSR count). The number of alkyl halides is 2. The summed E-state index contributed by atoms with van der Waals surface area (Å²) >= 11 is 6.54. The van der Waals surface area contributed by atoms with Crippen LogP contribution < -0.4 is 0 Å². The standard InChI is InChI=1S/C14H28Br2O7/c1-13(2,18)14(15,16)23-12-11-22-10-9-21-8-7-20-6-5-19-4-3-17/h17-18H,3-12H2,1-2H3. The molecule has 0 aliphatic carbocycles. The molecule has 0 amide bonds. The fourth-order valence-electron chi connectivity index (χ4n) is 1.23. The lowest BCUT2D eigenvalue weighted by Gasteiger charge is -2.32. The Hall–Kier alpha value is 0.680. The van der Waals surface area contributed by atoms with Crippen LogP contribution in [0.1, 0.15) is 13.8 Å². The molecule has 0 aromatic carbocycles. The van der Waals surface area contributed by atoms with E-state index < -0.39 is 9.02 Å². The van der Waals surface area contributed by atoms with Crippen LogP contribution in [0.15, 0.2) is 0 Å². The van der Waals surface area contributed by atoms with Gasteiger partial charge in [-0.3, -0.25) is 0 Å². The topological polar surface area (TPSA) is 86.6 Å². The first-order valence-corrected chi connectivity index (χ1v) is 9.06. The van der Waals surface area contributed by atoms with Crippen molar-refractivity contribution in [1.82, 2.24) is 0 Å². The van der Waals surface area contributed by atoms with Crippen LogP contribution in [0.4, 0.5) is 0 Å². The van der Waals surface area contributed by atoms with Gasteiger partial charge >= 0.3 is 0 Å². The number of rotatable bonds is 16. The van der Waals surface area contributed by atoms with Crippen molar-refractivity contribution in [3.8, 4) is 0 Å². The van der Waals surface area contributed by atoms with Gasteiger partial charge in [-0.25, -0.2) is 0 Å². The Bertz CT molecular complexity index is 272. The third-order valence-electron chi connectivity index (χ3n) is 2.57. The average Bonchev–Trinajstić information content (AvgIpc) is 2.46. The molecule has 7 nitrogen and oxygen atoms in total. The lowest BCUT2D eigenvalue weighted by atomic mass is 10.2. The van der Waals surface area contributed by atoms with Gasteiger partial charge in [0.1, 0.15) is 5.60 Å². The summed E-state index contributed by atoms with van der Waals surface area (Å²) in [6.07, 6.45) is 0. The third-order valence-corrected chi connectivity index (χ3v) is 4.97. The van der Waals surface area contributed by atoms with E-state index in [1.165, 1.54) is 0 Å². The lowest BCUT2D eigenvalue weighted by Crippen LogP contribution is -2.42. The van der Waals surface area contributed by atoms with Gasteiger partial charge in [-0.05, 0) is 45.7 Å². The zero-order valence-corrected chi connectivity index (χ0v) is 16.9. The summed E-state index contributed by atoms with van der Waals surface area (Å²) in [4.78, 5) is 0. The lowest BCUT2D eigenvalue weighted by molar-refractivity contribution is -0.0704. The molecule has 0 saturated carbocycles. The minimum Gasteiger partial charge on any atom is -0.394 e. The zero-order valence-electron chi connectivity index (χ0n) is 13.8. The van der Waals surface area contributed by atoms with Gasteiger partial charge in [0.2, 0.25) is 3.42 Å². The molecular formula is C14H28Br2O7. The highest BCUT2D eigenvalue weighted by molar-refractivity contribution is 9.25. The highest BCUT2D eigenvalue weighted by Gasteiger charge is 2.40. The molecular weight excluding hydrogens is 440 g/mol.